The number of nitrogens with two attached hydrogens (primary N) is 3. The van der Waals surface area contributed by atoms with Crippen LogP contribution in [0.4, 0.5) is 0 Å². The number of ketones is 1. The van der Waals surface area contributed by atoms with Crippen LogP contribution in [0.5, 0.6) is 0 Å². The third kappa shape index (κ3) is 2.89. The van der Waals surface area contributed by atoms with E-state index in [1.165, 1.54) is 0 Å². The normalized spacial score (nSPS) is 22.0. The smallest absolute Gasteiger partial charge is 0.220 e. The van der Waals surface area contributed by atoms with Gasteiger partial charge in [-0.3, -0.25) is 9.59 Å². The van der Waals surface area contributed by atoms with Gasteiger partial charge in [0.1, 0.15) is 5.78 Å². The lowest BCUT2D eigenvalue weighted by Gasteiger charge is -2.51. The van der Waals surface area contributed by atoms with Crippen LogP contribution >= 0.6 is 12.2 Å². The van der Waals surface area contributed by atoms with Crippen molar-refractivity contribution >= 4 is 29.0 Å². The van der Waals surface area contributed by atoms with Gasteiger partial charge in [0, 0.05) is 18.8 Å². The number of rotatable bonds is 1. The van der Waals surface area contributed by atoms with Gasteiger partial charge in [-0.2, -0.15) is 0 Å². The van der Waals surface area contributed by atoms with Crippen molar-refractivity contribution in [3.8, 4) is 0 Å². The molecule has 0 atom stereocenters. The molecule has 0 heterocycles. The topological polar surface area (TPSA) is 112 Å². The number of primary amides is 1. The molecule has 0 bridgehead atoms. The summed E-state index contributed by atoms with van der Waals surface area (Å²) < 4.78 is 0. The van der Waals surface area contributed by atoms with E-state index in [9.17, 15) is 9.59 Å². The lowest BCUT2D eigenvalue weighted by Crippen LogP contribution is -2.51. The summed E-state index contributed by atoms with van der Waals surface area (Å²) in [5, 5.41) is 0.000000000000000222. The zero-order valence-corrected chi connectivity index (χ0v) is 9.18. The van der Waals surface area contributed by atoms with Gasteiger partial charge >= 0.3 is 0 Å². The molecule has 0 unspecified atom stereocenters. The Morgan fingerprint density at radius 3 is 1.93 bits per heavy atom. The Morgan fingerprint density at radius 2 is 1.67 bits per heavy atom. The summed E-state index contributed by atoms with van der Waals surface area (Å²) in [6, 6.07) is 0. The monoisotopic (exact) mass is 229 g/mol. The molecule has 1 spiro atoms. The zero-order valence-electron chi connectivity index (χ0n) is 8.36. The Bertz CT molecular complexity index is 296. The molecule has 1 amide bonds. The first-order chi connectivity index (χ1) is 6.84. The SMILES string of the molecule is NC(=O)C1CC2(CC(=O)C2)C1.NC(N)=S. The van der Waals surface area contributed by atoms with Gasteiger partial charge in [0.2, 0.25) is 5.91 Å². The molecule has 5 nitrogen and oxygen atoms in total. The number of carbonyl (C=O) groups is 2. The van der Waals surface area contributed by atoms with E-state index in [2.05, 4.69) is 23.7 Å². The fourth-order valence-electron chi connectivity index (χ4n) is 2.26. The highest BCUT2D eigenvalue weighted by Crippen LogP contribution is 2.56. The van der Waals surface area contributed by atoms with Gasteiger partial charge in [-0.05, 0) is 30.5 Å². The molecule has 0 radical (unpaired) electrons. The molecule has 0 aromatic carbocycles. The zero-order chi connectivity index (χ0) is 11.6. The largest absolute Gasteiger partial charge is 0.377 e. The standard InChI is InChI=1S/C8H11NO2.CH4N2S/c9-7(11)5-1-8(2-5)3-6(10)4-8;2-1(3)4/h5H,1-4H2,(H2,9,11);(H4,2,3,4). The number of Topliss-reactive ketones (excluding diaryl/α,β-unsaturated/α-hetero) is 1. The van der Waals surface area contributed by atoms with E-state index in [1.54, 1.807) is 0 Å². The van der Waals surface area contributed by atoms with Gasteiger partial charge in [-0.15, -0.1) is 0 Å². The van der Waals surface area contributed by atoms with Crippen molar-refractivity contribution in [2.75, 3.05) is 0 Å². The van der Waals surface area contributed by atoms with E-state index >= 15 is 0 Å². The minimum Gasteiger partial charge on any atom is -0.377 e. The summed E-state index contributed by atoms with van der Waals surface area (Å²) in [6.45, 7) is 0. The van der Waals surface area contributed by atoms with E-state index in [1.807, 2.05) is 0 Å². The summed E-state index contributed by atoms with van der Waals surface area (Å²) in [5.74, 6) is 0.200. The van der Waals surface area contributed by atoms with Crippen LogP contribution in [0, 0.1) is 11.3 Å². The third-order valence-corrected chi connectivity index (χ3v) is 2.91. The number of amides is 1. The van der Waals surface area contributed by atoms with E-state index in [0.29, 0.717) is 18.6 Å². The molecule has 2 aliphatic carbocycles. The van der Waals surface area contributed by atoms with Crippen molar-refractivity contribution in [3.63, 3.8) is 0 Å². The summed E-state index contributed by atoms with van der Waals surface area (Å²) in [5.41, 5.74) is 14.6. The van der Waals surface area contributed by atoms with Crippen LogP contribution in [0.3, 0.4) is 0 Å². The lowest BCUT2D eigenvalue weighted by atomic mass is 9.51. The van der Waals surface area contributed by atoms with Crippen molar-refractivity contribution in [2.24, 2.45) is 28.5 Å². The van der Waals surface area contributed by atoms with Crippen LogP contribution in [-0.4, -0.2) is 16.8 Å². The quantitative estimate of drug-likeness (QED) is 0.521. The molecule has 0 aliphatic heterocycles. The Hall–Kier alpha value is -1.17. The van der Waals surface area contributed by atoms with Crippen LogP contribution in [0.15, 0.2) is 0 Å². The molecule has 0 aromatic rings. The second kappa shape index (κ2) is 4.14. The number of carbonyl (C=O) groups excluding carboxylic acids is 2. The van der Waals surface area contributed by atoms with Gasteiger partial charge in [0.25, 0.3) is 0 Å². The van der Waals surface area contributed by atoms with Crippen LogP contribution in [0.2, 0.25) is 0 Å². The summed E-state index contributed by atoms with van der Waals surface area (Å²) >= 11 is 4.09. The fourth-order valence-corrected chi connectivity index (χ4v) is 2.26. The Morgan fingerprint density at radius 1 is 1.27 bits per heavy atom. The maximum Gasteiger partial charge on any atom is 0.220 e. The molecule has 2 fully saturated rings. The fraction of sp³-hybridized carbons (Fsp3) is 0.667. The minimum atomic E-state index is -0.199. The van der Waals surface area contributed by atoms with Gasteiger partial charge in [-0.25, -0.2) is 0 Å². The lowest BCUT2D eigenvalue weighted by molar-refractivity contribution is -0.148. The number of thiocarbonyl (C=S) groups is 1. The minimum absolute atomic E-state index is 0.000000000000000222. The molecule has 6 N–H and O–H groups in total. The molecule has 2 saturated carbocycles. The molecule has 84 valence electrons. The first-order valence-electron chi connectivity index (χ1n) is 4.70. The van der Waals surface area contributed by atoms with Crippen LogP contribution in [-0.2, 0) is 9.59 Å². The predicted octanol–water partition coefficient (Wildman–Crippen LogP) is -0.580. The summed E-state index contributed by atoms with van der Waals surface area (Å²) in [6.07, 6.45) is 3.09. The summed E-state index contributed by atoms with van der Waals surface area (Å²) in [4.78, 5) is 21.3. The Balaban J connectivity index is 0.000000245. The Labute approximate surface area is 93.4 Å². The third-order valence-electron chi connectivity index (χ3n) is 2.91. The first kappa shape index (κ1) is 11.9. The average molecular weight is 229 g/mol. The van der Waals surface area contributed by atoms with Gasteiger partial charge < -0.3 is 17.2 Å². The van der Waals surface area contributed by atoms with Crippen LogP contribution < -0.4 is 17.2 Å². The number of hydrogen-bond acceptors (Lipinski definition) is 3. The molecule has 15 heavy (non-hydrogen) atoms. The maximum absolute atomic E-state index is 10.7. The molecule has 2 rings (SSSR count). The first-order valence-corrected chi connectivity index (χ1v) is 5.11. The molecule has 0 aromatic heterocycles. The molecular formula is C9H15N3O2S. The average Bonchev–Trinajstić information content (AvgIpc) is 1.91. The van der Waals surface area contributed by atoms with Crippen molar-refractivity contribution in [3.05, 3.63) is 0 Å². The van der Waals surface area contributed by atoms with E-state index in [0.717, 1.165) is 12.8 Å². The van der Waals surface area contributed by atoms with Gasteiger partial charge in [0.05, 0.1) is 0 Å². The van der Waals surface area contributed by atoms with E-state index in [4.69, 9.17) is 5.73 Å². The predicted molar refractivity (Wildman–Crippen MR) is 59.6 cm³/mol. The van der Waals surface area contributed by atoms with Crippen molar-refractivity contribution in [2.45, 2.75) is 25.7 Å². The summed E-state index contributed by atoms with van der Waals surface area (Å²) in [7, 11) is 0. The second-order valence-corrected chi connectivity index (χ2v) is 4.77. The van der Waals surface area contributed by atoms with Crippen molar-refractivity contribution < 1.29 is 9.59 Å². The highest BCUT2D eigenvalue weighted by Gasteiger charge is 2.54. The molecule has 0 saturated heterocycles. The van der Waals surface area contributed by atoms with Crippen molar-refractivity contribution in [1.82, 2.24) is 0 Å². The highest BCUT2D eigenvalue weighted by molar-refractivity contribution is 7.80. The molecule has 2 aliphatic rings. The Kier molecular flexibility index (Phi) is 3.28. The van der Waals surface area contributed by atoms with Gasteiger partial charge in [0.15, 0.2) is 5.11 Å². The number of hydrogen-bond donors (Lipinski definition) is 3. The molecular weight excluding hydrogens is 214 g/mol. The van der Waals surface area contributed by atoms with Crippen LogP contribution in [0.1, 0.15) is 25.7 Å². The van der Waals surface area contributed by atoms with Crippen molar-refractivity contribution in [1.29, 1.82) is 0 Å². The van der Waals surface area contributed by atoms with Crippen LogP contribution in [0.25, 0.3) is 0 Å². The van der Waals surface area contributed by atoms with E-state index < -0.39 is 0 Å². The molecule has 6 heteroatoms. The second-order valence-electron chi connectivity index (χ2n) is 4.30. The maximum atomic E-state index is 10.7. The van der Waals surface area contributed by atoms with Gasteiger partial charge in [-0.1, -0.05) is 0 Å². The van der Waals surface area contributed by atoms with E-state index in [-0.39, 0.29) is 22.4 Å². The highest BCUT2D eigenvalue weighted by atomic mass is 32.1.